The lowest BCUT2D eigenvalue weighted by Crippen LogP contribution is -2.55. The van der Waals surface area contributed by atoms with Crippen LogP contribution in [-0.2, 0) is 4.79 Å². The van der Waals surface area contributed by atoms with E-state index in [0.29, 0.717) is 5.92 Å². The average Bonchev–Trinajstić information content (AvgIpc) is 3.28. The third kappa shape index (κ3) is 4.42. The number of aliphatic carboxylic acids is 1. The van der Waals surface area contributed by atoms with Gasteiger partial charge in [-0.15, -0.1) is 0 Å². The zero-order valence-electron chi connectivity index (χ0n) is 15.5. The van der Waals surface area contributed by atoms with Crippen LogP contribution in [-0.4, -0.2) is 52.2 Å². The molecule has 0 unspecified atom stereocenters. The lowest BCUT2D eigenvalue weighted by Gasteiger charge is -2.42. The first-order valence-corrected chi connectivity index (χ1v) is 9.59. The number of anilines is 1. The van der Waals surface area contributed by atoms with Crippen molar-refractivity contribution >= 4 is 28.6 Å². The third-order valence-corrected chi connectivity index (χ3v) is 5.51. The number of aromatic nitrogens is 1. The number of carboxylic acid groups (broad SMARTS) is 1. The van der Waals surface area contributed by atoms with Crippen LogP contribution in [0.1, 0.15) is 31.4 Å². The lowest BCUT2D eigenvalue weighted by atomic mass is 9.85. The van der Waals surface area contributed by atoms with Gasteiger partial charge < -0.3 is 20.7 Å². The summed E-state index contributed by atoms with van der Waals surface area (Å²) in [7, 11) is 0. The van der Waals surface area contributed by atoms with Crippen LogP contribution >= 0.6 is 0 Å². The Kier molecular flexibility index (Phi) is 4.78. The van der Waals surface area contributed by atoms with Crippen molar-refractivity contribution in [1.82, 2.24) is 15.2 Å². The van der Waals surface area contributed by atoms with Crippen molar-refractivity contribution < 1.29 is 14.7 Å². The van der Waals surface area contributed by atoms with Crippen LogP contribution in [0.15, 0.2) is 24.3 Å². The number of nitrogens with one attached hydrogen (secondary N) is 3. The maximum absolute atomic E-state index is 12.3. The summed E-state index contributed by atoms with van der Waals surface area (Å²) >= 11 is 0. The monoisotopic (exact) mass is 370 g/mol. The molecule has 4 N–H and O–H groups in total. The van der Waals surface area contributed by atoms with Gasteiger partial charge in [0.15, 0.2) is 0 Å². The van der Waals surface area contributed by atoms with E-state index in [1.807, 2.05) is 31.2 Å². The maximum atomic E-state index is 12.3. The van der Waals surface area contributed by atoms with E-state index in [2.05, 4.69) is 20.5 Å². The Bertz CT molecular complexity index is 852. The number of benzene rings is 1. The highest BCUT2D eigenvalue weighted by Gasteiger charge is 2.37. The molecular formula is C20H26N4O3. The number of aromatic amines is 1. The van der Waals surface area contributed by atoms with Crippen molar-refractivity contribution in [1.29, 1.82) is 0 Å². The number of fused-ring (bicyclic) bond motifs is 1. The summed E-state index contributed by atoms with van der Waals surface area (Å²) in [6.07, 6.45) is 4.03. The quantitative estimate of drug-likeness (QED) is 0.602. The van der Waals surface area contributed by atoms with Crippen molar-refractivity contribution in [2.45, 2.75) is 44.7 Å². The van der Waals surface area contributed by atoms with Crippen molar-refractivity contribution in [3.63, 3.8) is 0 Å². The highest BCUT2D eigenvalue weighted by molar-refractivity contribution is 5.93. The van der Waals surface area contributed by atoms with Crippen molar-refractivity contribution in [2.75, 3.05) is 18.4 Å². The zero-order chi connectivity index (χ0) is 19.0. The molecule has 2 aromatic rings. The smallest absolute Gasteiger partial charge is 0.319 e. The molecule has 27 heavy (non-hydrogen) atoms. The molecular weight excluding hydrogens is 344 g/mol. The van der Waals surface area contributed by atoms with Crippen molar-refractivity contribution in [2.24, 2.45) is 5.92 Å². The number of urea groups is 1. The van der Waals surface area contributed by atoms with E-state index in [1.165, 1.54) is 12.8 Å². The molecule has 4 rings (SSSR count). The molecule has 1 aromatic heterocycles. The highest BCUT2D eigenvalue weighted by Crippen LogP contribution is 2.33. The molecule has 0 bridgehead atoms. The van der Waals surface area contributed by atoms with Gasteiger partial charge in [0.1, 0.15) is 0 Å². The molecule has 0 spiro atoms. The lowest BCUT2D eigenvalue weighted by molar-refractivity contribution is -0.139. The molecule has 2 saturated carbocycles. The number of aryl methyl sites for hydroxylation is 1. The highest BCUT2D eigenvalue weighted by atomic mass is 16.4. The van der Waals surface area contributed by atoms with Crippen LogP contribution in [0, 0.1) is 12.8 Å². The predicted octanol–water partition coefficient (Wildman–Crippen LogP) is 2.93. The number of H-pyrrole nitrogens is 1. The minimum Gasteiger partial charge on any atom is -0.480 e. The van der Waals surface area contributed by atoms with E-state index in [9.17, 15) is 9.59 Å². The Morgan fingerprint density at radius 3 is 2.74 bits per heavy atom. The number of hydrogen-bond acceptors (Lipinski definition) is 3. The molecule has 1 heterocycles. The molecule has 0 saturated heterocycles. The van der Waals surface area contributed by atoms with Crippen LogP contribution in [0.4, 0.5) is 10.5 Å². The van der Waals surface area contributed by atoms with Crippen LogP contribution in [0.3, 0.4) is 0 Å². The fourth-order valence-corrected chi connectivity index (χ4v) is 3.86. The van der Waals surface area contributed by atoms with E-state index in [1.54, 1.807) is 0 Å². The SMILES string of the molecule is Cc1cc2cc(NC(=O)NC3CC(N(CC(=O)O)CC4CC4)C3)ccc2[nH]1. The summed E-state index contributed by atoms with van der Waals surface area (Å²) in [4.78, 5) is 28.7. The summed E-state index contributed by atoms with van der Waals surface area (Å²) in [5.41, 5.74) is 2.90. The standard InChI is InChI=1S/C20H26N4O3/c1-12-6-14-7-15(4-5-18(14)21-12)22-20(27)23-16-8-17(9-16)24(11-19(25)26)10-13-2-3-13/h4-7,13,16-17,21H,2-3,8-11H2,1H3,(H,25,26)(H2,22,23,27). The Hall–Kier alpha value is -2.54. The number of carbonyl (C=O) groups excluding carboxylic acids is 1. The molecule has 2 aliphatic rings. The normalized spacial score (nSPS) is 21.9. The van der Waals surface area contributed by atoms with Gasteiger partial charge in [-0.2, -0.15) is 0 Å². The molecule has 0 radical (unpaired) electrons. The van der Waals surface area contributed by atoms with E-state index in [0.717, 1.165) is 41.7 Å². The van der Waals surface area contributed by atoms with E-state index in [4.69, 9.17) is 5.11 Å². The van der Waals surface area contributed by atoms with Crippen LogP contribution in [0.5, 0.6) is 0 Å². The van der Waals surface area contributed by atoms with Gasteiger partial charge in [-0.25, -0.2) is 4.79 Å². The molecule has 2 aliphatic carbocycles. The minimum atomic E-state index is -0.778. The average molecular weight is 370 g/mol. The summed E-state index contributed by atoms with van der Waals surface area (Å²) < 4.78 is 0. The topological polar surface area (TPSA) is 97.5 Å². The van der Waals surface area contributed by atoms with E-state index in [-0.39, 0.29) is 24.7 Å². The first-order valence-electron chi connectivity index (χ1n) is 9.59. The van der Waals surface area contributed by atoms with Gasteiger partial charge in [0.25, 0.3) is 0 Å². The van der Waals surface area contributed by atoms with E-state index >= 15 is 0 Å². The molecule has 7 heteroatoms. The minimum absolute atomic E-state index is 0.0934. The van der Waals surface area contributed by atoms with Gasteiger partial charge in [0, 0.05) is 40.9 Å². The summed E-state index contributed by atoms with van der Waals surface area (Å²) in [6.45, 7) is 2.96. The second-order valence-corrected chi connectivity index (χ2v) is 7.94. The maximum Gasteiger partial charge on any atom is 0.319 e. The largest absolute Gasteiger partial charge is 0.480 e. The fourth-order valence-electron chi connectivity index (χ4n) is 3.86. The Morgan fingerprint density at radius 2 is 2.04 bits per heavy atom. The molecule has 2 fully saturated rings. The second-order valence-electron chi connectivity index (χ2n) is 7.94. The van der Waals surface area contributed by atoms with Crippen LogP contribution in [0.25, 0.3) is 10.9 Å². The molecule has 2 amide bonds. The van der Waals surface area contributed by atoms with E-state index < -0.39 is 5.97 Å². The number of carbonyl (C=O) groups is 2. The van der Waals surface area contributed by atoms with Gasteiger partial charge in [-0.3, -0.25) is 9.69 Å². The summed E-state index contributed by atoms with van der Waals surface area (Å²) in [6, 6.07) is 7.98. The number of amides is 2. The Balaban J connectivity index is 1.26. The van der Waals surface area contributed by atoms with Gasteiger partial charge in [0.2, 0.25) is 0 Å². The van der Waals surface area contributed by atoms with Gasteiger partial charge in [-0.05, 0) is 62.8 Å². The number of nitrogens with zero attached hydrogens (tertiary/aromatic N) is 1. The zero-order valence-corrected chi connectivity index (χ0v) is 15.5. The Labute approximate surface area is 158 Å². The van der Waals surface area contributed by atoms with Gasteiger partial charge in [0.05, 0.1) is 6.54 Å². The Morgan fingerprint density at radius 1 is 1.26 bits per heavy atom. The van der Waals surface area contributed by atoms with Crippen LogP contribution < -0.4 is 10.6 Å². The predicted molar refractivity (Wildman–Crippen MR) is 104 cm³/mol. The molecule has 144 valence electrons. The first kappa shape index (κ1) is 17.9. The second kappa shape index (κ2) is 7.23. The van der Waals surface area contributed by atoms with Crippen LogP contribution in [0.2, 0.25) is 0 Å². The number of hydrogen-bond donors (Lipinski definition) is 4. The number of rotatable bonds is 7. The summed E-state index contributed by atoms with van der Waals surface area (Å²) in [5.74, 6) is -0.119. The van der Waals surface area contributed by atoms with Gasteiger partial charge >= 0.3 is 12.0 Å². The third-order valence-electron chi connectivity index (χ3n) is 5.51. The van der Waals surface area contributed by atoms with Crippen molar-refractivity contribution in [3.8, 4) is 0 Å². The first-order chi connectivity index (χ1) is 13.0. The molecule has 1 aromatic carbocycles. The fraction of sp³-hybridized carbons (Fsp3) is 0.500. The molecule has 0 aliphatic heterocycles. The molecule has 0 atom stereocenters. The number of carboxylic acids is 1. The summed E-state index contributed by atoms with van der Waals surface area (Å²) in [5, 5.41) is 16.1. The van der Waals surface area contributed by atoms with Crippen molar-refractivity contribution in [3.05, 3.63) is 30.0 Å². The molecule has 7 nitrogen and oxygen atoms in total. The van der Waals surface area contributed by atoms with Gasteiger partial charge in [-0.1, -0.05) is 0 Å².